The van der Waals surface area contributed by atoms with Crippen LogP contribution in [0.3, 0.4) is 0 Å². The van der Waals surface area contributed by atoms with E-state index in [-0.39, 0.29) is 16.3 Å². The van der Waals surface area contributed by atoms with Gasteiger partial charge >= 0.3 is 18.3 Å². The molecule has 13 heteroatoms. The zero-order chi connectivity index (χ0) is 24.1. The number of nitrogens with zero attached hydrogens (tertiary/aromatic N) is 3. The SMILES string of the molecule is O=C(O)C[C@H]1O[C@H](c2ccccc2C(F)(F)F)c2cc(Cl)ccc2-n2c1nnc2C(F)(F)F. The highest BCUT2D eigenvalue weighted by Crippen LogP contribution is 2.46. The fourth-order valence-corrected chi connectivity index (χ4v) is 3.87. The maximum atomic E-state index is 13.7. The van der Waals surface area contributed by atoms with Crippen LogP contribution < -0.4 is 0 Å². The highest BCUT2D eigenvalue weighted by molar-refractivity contribution is 6.30. The first-order valence-electron chi connectivity index (χ1n) is 9.23. The molecule has 1 aromatic heterocycles. The molecule has 0 radical (unpaired) electrons. The highest BCUT2D eigenvalue weighted by atomic mass is 35.5. The normalized spacial score (nSPS) is 18.4. The molecule has 0 saturated carbocycles. The van der Waals surface area contributed by atoms with Gasteiger partial charge in [-0.15, -0.1) is 10.2 Å². The van der Waals surface area contributed by atoms with E-state index in [0.717, 1.165) is 24.3 Å². The Kier molecular flexibility index (Phi) is 5.61. The molecule has 0 aliphatic carbocycles. The summed E-state index contributed by atoms with van der Waals surface area (Å²) in [6.45, 7) is 0. The minimum absolute atomic E-state index is 0.0201. The maximum absolute atomic E-state index is 13.7. The lowest BCUT2D eigenvalue weighted by Gasteiger charge is -2.25. The largest absolute Gasteiger partial charge is 0.481 e. The van der Waals surface area contributed by atoms with Gasteiger partial charge in [-0.1, -0.05) is 29.8 Å². The molecule has 2 atom stereocenters. The molecule has 2 heterocycles. The van der Waals surface area contributed by atoms with Gasteiger partial charge in [-0.25, -0.2) is 0 Å². The van der Waals surface area contributed by atoms with Gasteiger partial charge in [0, 0.05) is 10.6 Å². The molecular weight excluding hydrogens is 480 g/mol. The first-order chi connectivity index (χ1) is 15.4. The Morgan fingerprint density at radius 1 is 1.03 bits per heavy atom. The van der Waals surface area contributed by atoms with Crippen molar-refractivity contribution in [2.24, 2.45) is 0 Å². The molecule has 2 aromatic carbocycles. The molecule has 1 aliphatic heterocycles. The number of hydrogen-bond donors (Lipinski definition) is 1. The number of alkyl halides is 6. The number of benzene rings is 2. The first-order valence-corrected chi connectivity index (χ1v) is 9.61. The van der Waals surface area contributed by atoms with E-state index in [1.54, 1.807) is 0 Å². The lowest BCUT2D eigenvalue weighted by molar-refractivity contribution is -0.146. The third kappa shape index (κ3) is 4.27. The first kappa shape index (κ1) is 23.1. The van der Waals surface area contributed by atoms with Crippen molar-refractivity contribution in [3.8, 4) is 5.69 Å². The average molecular weight is 492 g/mol. The van der Waals surface area contributed by atoms with Crippen molar-refractivity contribution in [1.82, 2.24) is 14.8 Å². The van der Waals surface area contributed by atoms with Crippen LogP contribution in [0.1, 0.15) is 47.0 Å². The van der Waals surface area contributed by atoms with Crippen molar-refractivity contribution in [2.45, 2.75) is 31.0 Å². The van der Waals surface area contributed by atoms with E-state index in [4.69, 9.17) is 16.3 Å². The van der Waals surface area contributed by atoms with Crippen molar-refractivity contribution in [3.63, 3.8) is 0 Å². The van der Waals surface area contributed by atoms with Crippen molar-refractivity contribution >= 4 is 17.6 Å². The number of fused-ring (bicyclic) bond motifs is 3. The smallest absolute Gasteiger partial charge is 0.452 e. The third-order valence-corrected chi connectivity index (χ3v) is 5.19. The number of aromatic nitrogens is 3. The summed E-state index contributed by atoms with van der Waals surface area (Å²) < 4.78 is 88.6. The minimum atomic E-state index is -5.00. The number of carboxylic acid groups (broad SMARTS) is 1. The zero-order valence-electron chi connectivity index (χ0n) is 16.2. The van der Waals surface area contributed by atoms with Crippen LogP contribution in [0.25, 0.3) is 5.69 Å². The van der Waals surface area contributed by atoms with E-state index < -0.39 is 59.7 Å². The van der Waals surface area contributed by atoms with Crippen LogP contribution in [0.5, 0.6) is 0 Å². The summed E-state index contributed by atoms with van der Waals surface area (Å²) in [5.74, 6) is -3.46. The second kappa shape index (κ2) is 8.03. The van der Waals surface area contributed by atoms with E-state index >= 15 is 0 Å². The molecule has 33 heavy (non-hydrogen) atoms. The summed E-state index contributed by atoms with van der Waals surface area (Å²) in [4.78, 5) is 11.4. The molecule has 0 fully saturated rings. The van der Waals surface area contributed by atoms with Crippen LogP contribution in [0.4, 0.5) is 26.3 Å². The lowest BCUT2D eigenvalue weighted by Crippen LogP contribution is -2.18. The number of carbonyl (C=O) groups is 1. The zero-order valence-corrected chi connectivity index (χ0v) is 16.9. The summed E-state index contributed by atoms with van der Waals surface area (Å²) in [6.07, 6.45) is -14.0. The molecule has 6 nitrogen and oxygen atoms in total. The molecule has 174 valence electrons. The van der Waals surface area contributed by atoms with E-state index in [1.165, 1.54) is 18.2 Å². The van der Waals surface area contributed by atoms with Gasteiger partial charge in [-0.3, -0.25) is 9.36 Å². The predicted octanol–water partition coefficient (Wildman–Crippen LogP) is 5.59. The van der Waals surface area contributed by atoms with Crippen LogP contribution in [0.2, 0.25) is 5.02 Å². The molecule has 0 bridgehead atoms. The standard InChI is InChI=1S/C20H12ClF6N3O3/c21-9-5-6-13-11(7-9)16(10-3-1-2-4-12(10)19(22,23)24)33-14(8-15(31)32)17-28-29-18(30(13)17)20(25,26)27/h1-7,14,16H,8H2,(H,31,32)/t14-,16-/m1/s1. The van der Waals surface area contributed by atoms with Crippen LogP contribution >= 0.6 is 11.6 Å². The molecule has 0 spiro atoms. The van der Waals surface area contributed by atoms with Crippen molar-refractivity contribution in [1.29, 1.82) is 0 Å². The molecule has 1 N–H and O–H groups in total. The Labute approximate surface area is 186 Å². The second-order valence-corrected chi connectivity index (χ2v) is 7.54. The average Bonchev–Trinajstić information content (AvgIpc) is 3.11. The Morgan fingerprint density at radius 2 is 1.73 bits per heavy atom. The summed E-state index contributed by atoms with van der Waals surface area (Å²) in [7, 11) is 0. The number of ether oxygens (including phenoxy) is 1. The van der Waals surface area contributed by atoms with E-state index in [2.05, 4.69) is 10.2 Å². The molecule has 0 saturated heterocycles. The predicted molar refractivity (Wildman–Crippen MR) is 101 cm³/mol. The molecule has 3 aromatic rings. The molecule has 1 aliphatic rings. The molecule has 0 unspecified atom stereocenters. The van der Waals surface area contributed by atoms with Gasteiger partial charge in [-0.05, 0) is 29.8 Å². The van der Waals surface area contributed by atoms with Crippen LogP contribution in [0, 0.1) is 0 Å². The lowest BCUT2D eigenvalue weighted by atomic mass is 9.95. The Balaban J connectivity index is 2.04. The van der Waals surface area contributed by atoms with Crippen LogP contribution in [0.15, 0.2) is 42.5 Å². The third-order valence-electron chi connectivity index (χ3n) is 4.95. The topological polar surface area (TPSA) is 77.2 Å². The van der Waals surface area contributed by atoms with E-state index in [9.17, 15) is 36.2 Å². The second-order valence-electron chi connectivity index (χ2n) is 7.11. The summed E-state index contributed by atoms with van der Waals surface area (Å²) >= 11 is 6.03. The Hall–Kier alpha value is -3.12. The van der Waals surface area contributed by atoms with E-state index in [0.29, 0.717) is 4.57 Å². The fraction of sp³-hybridized carbons (Fsp3) is 0.250. The maximum Gasteiger partial charge on any atom is 0.452 e. The van der Waals surface area contributed by atoms with E-state index in [1.807, 2.05) is 0 Å². The summed E-state index contributed by atoms with van der Waals surface area (Å²) in [6, 6.07) is 7.92. The number of halogens is 7. The monoisotopic (exact) mass is 491 g/mol. The number of aliphatic carboxylic acids is 1. The van der Waals surface area contributed by atoms with Gasteiger partial charge in [0.2, 0.25) is 5.82 Å². The quantitative estimate of drug-likeness (QED) is 0.483. The number of hydrogen-bond acceptors (Lipinski definition) is 4. The van der Waals surface area contributed by atoms with Crippen LogP contribution in [-0.4, -0.2) is 25.8 Å². The van der Waals surface area contributed by atoms with Gasteiger partial charge in [0.05, 0.1) is 17.7 Å². The molecule has 0 amide bonds. The molecule has 4 rings (SSSR count). The highest BCUT2D eigenvalue weighted by Gasteiger charge is 2.44. The van der Waals surface area contributed by atoms with Gasteiger partial charge in [0.25, 0.3) is 0 Å². The van der Waals surface area contributed by atoms with Crippen molar-refractivity contribution < 1.29 is 41.0 Å². The Bertz CT molecular complexity index is 1220. The van der Waals surface area contributed by atoms with Gasteiger partial charge in [0.1, 0.15) is 12.2 Å². The fourth-order valence-electron chi connectivity index (χ4n) is 3.69. The van der Waals surface area contributed by atoms with Gasteiger partial charge in [-0.2, -0.15) is 26.3 Å². The number of carboxylic acids is 1. The van der Waals surface area contributed by atoms with Crippen molar-refractivity contribution in [2.75, 3.05) is 0 Å². The number of rotatable bonds is 3. The van der Waals surface area contributed by atoms with Crippen molar-refractivity contribution in [3.05, 3.63) is 75.8 Å². The molecular formula is C20H12ClF6N3O3. The van der Waals surface area contributed by atoms with Crippen LogP contribution in [-0.2, 0) is 21.9 Å². The Morgan fingerprint density at radius 3 is 2.36 bits per heavy atom. The van der Waals surface area contributed by atoms with Gasteiger partial charge in [0.15, 0.2) is 5.82 Å². The summed E-state index contributed by atoms with van der Waals surface area (Å²) in [5, 5.41) is 15.9. The minimum Gasteiger partial charge on any atom is -0.481 e. The summed E-state index contributed by atoms with van der Waals surface area (Å²) in [5.41, 5.74) is -1.89. The van der Waals surface area contributed by atoms with Gasteiger partial charge < -0.3 is 9.84 Å².